The Bertz CT molecular complexity index is 362. The first kappa shape index (κ1) is 14.2. The van der Waals surface area contributed by atoms with E-state index in [4.69, 9.17) is 0 Å². The van der Waals surface area contributed by atoms with E-state index in [2.05, 4.69) is 37.8 Å². The van der Waals surface area contributed by atoms with E-state index in [9.17, 15) is 5.11 Å². The second-order valence-corrected chi connectivity index (χ2v) is 5.31. The van der Waals surface area contributed by atoms with E-state index in [1.807, 2.05) is 26.2 Å². The van der Waals surface area contributed by atoms with Crippen LogP contribution in [0.15, 0.2) is 24.3 Å². The number of rotatable bonds is 5. The van der Waals surface area contributed by atoms with Crippen molar-refractivity contribution in [2.24, 2.45) is 5.92 Å². The third kappa shape index (κ3) is 3.30. The van der Waals surface area contributed by atoms with Gasteiger partial charge in [-0.1, -0.05) is 43.7 Å². The Labute approximate surface area is 105 Å². The quantitative estimate of drug-likeness (QED) is 0.848. The van der Waals surface area contributed by atoms with E-state index in [0.29, 0.717) is 0 Å². The molecule has 0 aromatic heterocycles. The summed E-state index contributed by atoms with van der Waals surface area (Å²) in [6.45, 7) is 7.12. The fourth-order valence-corrected chi connectivity index (χ4v) is 2.45. The minimum atomic E-state index is -0.726. The van der Waals surface area contributed by atoms with E-state index in [1.54, 1.807) is 0 Å². The lowest BCUT2D eigenvalue weighted by Crippen LogP contribution is -2.38. The Hall–Kier alpha value is -0.860. The van der Waals surface area contributed by atoms with Crippen molar-refractivity contribution in [3.63, 3.8) is 0 Å². The van der Waals surface area contributed by atoms with Crippen LogP contribution in [0.3, 0.4) is 0 Å². The van der Waals surface area contributed by atoms with E-state index in [1.165, 1.54) is 5.56 Å². The maximum Gasteiger partial charge on any atom is 0.0931 e. The first-order valence-electron chi connectivity index (χ1n) is 6.34. The van der Waals surface area contributed by atoms with Gasteiger partial charge >= 0.3 is 0 Å². The highest BCUT2D eigenvalue weighted by molar-refractivity contribution is 5.28. The Morgan fingerprint density at radius 3 is 2.47 bits per heavy atom. The average Bonchev–Trinajstić information content (AvgIpc) is 2.27. The standard InChI is InChI=1S/C15H25NO/c1-6-15(17,13(3)11-16(4)5)14-9-7-8-12(2)10-14/h7-10,13,17H,6,11H2,1-5H3/t13-,15?/m0/s1. The Balaban J connectivity index is 3.02. The topological polar surface area (TPSA) is 23.5 Å². The molecule has 0 saturated carbocycles. The molecule has 2 heteroatoms. The molecule has 1 aromatic carbocycles. The van der Waals surface area contributed by atoms with Gasteiger partial charge in [-0.2, -0.15) is 0 Å². The lowest BCUT2D eigenvalue weighted by molar-refractivity contribution is -0.0292. The predicted molar refractivity (Wildman–Crippen MR) is 73.1 cm³/mol. The molecule has 1 rings (SSSR count). The third-order valence-electron chi connectivity index (χ3n) is 3.51. The van der Waals surface area contributed by atoms with Gasteiger partial charge in [-0.3, -0.25) is 0 Å². The number of nitrogens with zero attached hydrogens (tertiary/aromatic N) is 1. The molecule has 0 radical (unpaired) electrons. The zero-order chi connectivity index (χ0) is 13.1. The van der Waals surface area contributed by atoms with E-state index < -0.39 is 5.60 Å². The fraction of sp³-hybridized carbons (Fsp3) is 0.600. The number of aryl methyl sites for hydroxylation is 1. The zero-order valence-corrected chi connectivity index (χ0v) is 11.7. The second-order valence-electron chi connectivity index (χ2n) is 5.31. The van der Waals surface area contributed by atoms with Crippen molar-refractivity contribution in [2.45, 2.75) is 32.8 Å². The van der Waals surface area contributed by atoms with Crippen LogP contribution in [-0.2, 0) is 5.60 Å². The van der Waals surface area contributed by atoms with Gasteiger partial charge in [0.1, 0.15) is 0 Å². The molecule has 1 N–H and O–H groups in total. The van der Waals surface area contributed by atoms with E-state index in [-0.39, 0.29) is 5.92 Å². The summed E-state index contributed by atoms with van der Waals surface area (Å²) in [6.07, 6.45) is 0.742. The molecular formula is C15H25NO. The van der Waals surface area contributed by atoms with Gasteiger partial charge in [-0.15, -0.1) is 0 Å². The summed E-state index contributed by atoms with van der Waals surface area (Å²) in [5, 5.41) is 10.9. The van der Waals surface area contributed by atoms with Crippen LogP contribution >= 0.6 is 0 Å². The van der Waals surface area contributed by atoms with Crippen molar-refractivity contribution in [1.29, 1.82) is 0 Å². The van der Waals surface area contributed by atoms with Crippen LogP contribution in [0.4, 0.5) is 0 Å². The Morgan fingerprint density at radius 2 is 2.00 bits per heavy atom. The predicted octanol–water partition coefficient (Wildman–Crippen LogP) is 2.79. The highest BCUT2D eigenvalue weighted by Crippen LogP contribution is 2.33. The van der Waals surface area contributed by atoms with Crippen LogP contribution in [0, 0.1) is 12.8 Å². The highest BCUT2D eigenvalue weighted by Gasteiger charge is 2.33. The van der Waals surface area contributed by atoms with E-state index >= 15 is 0 Å². The van der Waals surface area contributed by atoms with Gasteiger partial charge in [0, 0.05) is 12.5 Å². The molecule has 0 aliphatic rings. The fourth-order valence-electron chi connectivity index (χ4n) is 2.45. The van der Waals surface area contributed by atoms with Gasteiger partial charge in [0.05, 0.1) is 5.60 Å². The van der Waals surface area contributed by atoms with Gasteiger partial charge in [0.25, 0.3) is 0 Å². The molecule has 0 bridgehead atoms. The molecule has 0 heterocycles. The van der Waals surface area contributed by atoms with Crippen LogP contribution in [0.1, 0.15) is 31.4 Å². The van der Waals surface area contributed by atoms with Gasteiger partial charge in [-0.25, -0.2) is 0 Å². The van der Waals surface area contributed by atoms with Crippen molar-refractivity contribution in [3.8, 4) is 0 Å². The molecule has 0 spiro atoms. The molecule has 1 unspecified atom stereocenters. The largest absolute Gasteiger partial charge is 0.385 e. The lowest BCUT2D eigenvalue weighted by atomic mass is 9.79. The van der Waals surface area contributed by atoms with Crippen molar-refractivity contribution >= 4 is 0 Å². The van der Waals surface area contributed by atoms with Gasteiger partial charge < -0.3 is 10.0 Å². The molecule has 2 atom stereocenters. The molecule has 0 aliphatic heterocycles. The summed E-state index contributed by atoms with van der Waals surface area (Å²) >= 11 is 0. The van der Waals surface area contributed by atoms with Crippen LogP contribution in [0.2, 0.25) is 0 Å². The summed E-state index contributed by atoms with van der Waals surface area (Å²) in [6, 6.07) is 8.21. The first-order chi connectivity index (χ1) is 7.90. The minimum absolute atomic E-state index is 0.212. The van der Waals surface area contributed by atoms with Crippen molar-refractivity contribution in [1.82, 2.24) is 4.90 Å². The molecule has 0 amide bonds. The molecule has 2 nitrogen and oxygen atoms in total. The smallest absolute Gasteiger partial charge is 0.0931 e. The molecule has 0 fully saturated rings. The molecular weight excluding hydrogens is 210 g/mol. The Morgan fingerprint density at radius 1 is 1.35 bits per heavy atom. The highest BCUT2D eigenvalue weighted by atomic mass is 16.3. The second kappa shape index (κ2) is 5.65. The van der Waals surface area contributed by atoms with E-state index in [0.717, 1.165) is 18.5 Å². The third-order valence-corrected chi connectivity index (χ3v) is 3.51. The minimum Gasteiger partial charge on any atom is -0.385 e. The SMILES string of the molecule is CCC(O)(c1cccc(C)c1)[C@@H](C)CN(C)C. The van der Waals surface area contributed by atoms with Gasteiger partial charge in [0.2, 0.25) is 0 Å². The molecule has 0 aliphatic carbocycles. The molecule has 0 saturated heterocycles. The van der Waals surface area contributed by atoms with Crippen molar-refractivity contribution < 1.29 is 5.11 Å². The Kier molecular flexibility index (Phi) is 4.72. The summed E-state index contributed by atoms with van der Waals surface area (Å²) in [7, 11) is 4.09. The van der Waals surface area contributed by atoms with Crippen molar-refractivity contribution in [2.75, 3.05) is 20.6 Å². The van der Waals surface area contributed by atoms with Crippen LogP contribution < -0.4 is 0 Å². The summed E-state index contributed by atoms with van der Waals surface area (Å²) in [5.41, 5.74) is 1.51. The molecule has 96 valence electrons. The summed E-state index contributed by atoms with van der Waals surface area (Å²) < 4.78 is 0. The van der Waals surface area contributed by atoms with Crippen LogP contribution in [-0.4, -0.2) is 30.6 Å². The monoisotopic (exact) mass is 235 g/mol. The molecule has 17 heavy (non-hydrogen) atoms. The normalized spacial score (nSPS) is 16.9. The summed E-state index contributed by atoms with van der Waals surface area (Å²) in [4.78, 5) is 2.13. The van der Waals surface area contributed by atoms with Gasteiger partial charge in [0.15, 0.2) is 0 Å². The number of benzene rings is 1. The maximum absolute atomic E-state index is 10.9. The maximum atomic E-state index is 10.9. The van der Waals surface area contributed by atoms with Crippen LogP contribution in [0.5, 0.6) is 0 Å². The average molecular weight is 235 g/mol. The van der Waals surface area contributed by atoms with Crippen molar-refractivity contribution in [3.05, 3.63) is 35.4 Å². The zero-order valence-electron chi connectivity index (χ0n) is 11.7. The number of hydrogen-bond donors (Lipinski definition) is 1. The summed E-state index contributed by atoms with van der Waals surface area (Å²) in [5.74, 6) is 0.212. The number of aliphatic hydroxyl groups is 1. The lowest BCUT2D eigenvalue weighted by Gasteiger charge is -2.35. The first-order valence-corrected chi connectivity index (χ1v) is 6.34. The van der Waals surface area contributed by atoms with Crippen LogP contribution in [0.25, 0.3) is 0 Å². The molecule has 1 aromatic rings. The number of hydrogen-bond acceptors (Lipinski definition) is 2. The van der Waals surface area contributed by atoms with Gasteiger partial charge in [-0.05, 0) is 33.0 Å².